The van der Waals surface area contributed by atoms with E-state index < -0.39 is 0 Å². The van der Waals surface area contributed by atoms with Gasteiger partial charge in [-0.05, 0) is 17.7 Å². The maximum absolute atomic E-state index is 13.9. The van der Waals surface area contributed by atoms with Crippen LogP contribution in [0.1, 0.15) is 10.6 Å². The summed E-state index contributed by atoms with van der Waals surface area (Å²) in [7, 11) is 1.65. The van der Waals surface area contributed by atoms with Crippen LogP contribution in [-0.4, -0.2) is 25.2 Å². The minimum Gasteiger partial charge on any atom is -0.483 e. The van der Waals surface area contributed by atoms with E-state index in [1.807, 2.05) is 11.4 Å². The van der Waals surface area contributed by atoms with Gasteiger partial charge in [0.15, 0.2) is 11.6 Å². The lowest BCUT2D eigenvalue weighted by molar-refractivity contribution is 0.199. The Labute approximate surface area is 121 Å². The molecule has 0 unspecified atom stereocenters. The van der Waals surface area contributed by atoms with Crippen molar-refractivity contribution < 1.29 is 13.9 Å². The van der Waals surface area contributed by atoms with Gasteiger partial charge in [0, 0.05) is 31.8 Å². The molecule has 0 saturated heterocycles. The highest BCUT2D eigenvalue weighted by atomic mass is 32.1. The standard InChI is InChI=1S/C14H17FN2O2S/c1-18-6-4-16-9-11-2-3-13(12(15)8-11)19-10-14-17-5-7-20-14/h2-3,5,7-8,16H,4,6,9-10H2,1H3. The summed E-state index contributed by atoms with van der Waals surface area (Å²) in [6, 6.07) is 4.98. The molecule has 0 aliphatic heterocycles. The minimum absolute atomic E-state index is 0.251. The first-order chi connectivity index (χ1) is 9.79. The first-order valence-corrected chi connectivity index (χ1v) is 7.17. The summed E-state index contributed by atoms with van der Waals surface area (Å²) in [6.45, 7) is 2.27. The Bertz CT molecular complexity index is 520. The zero-order valence-electron chi connectivity index (χ0n) is 11.3. The fraction of sp³-hybridized carbons (Fsp3) is 0.357. The Balaban J connectivity index is 1.85. The second kappa shape index (κ2) is 7.94. The molecule has 0 radical (unpaired) electrons. The Morgan fingerprint density at radius 3 is 3.00 bits per heavy atom. The van der Waals surface area contributed by atoms with E-state index >= 15 is 0 Å². The molecule has 1 N–H and O–H groups in total. The van der Waals surface area contributed by atoms with Gasteiger partial charge in [0.2, 0.25) is 0 Å². The molecular formula is C14H17FN2O2S. The Kier molecular flexibility index (Phi) is 5.91. The average molecular weight is 296 g/mol. The van der Waals surface area contributed by atoms with E-state index in [9.17, 15) is 4.39 Å². The van der Waals surface area contributed by atoms with Crippen molar-refractivity contribution >= 4 is 11.3 Å². The second-order valence-corrected chi connectivity index (χ2v) is 5.13. The average Bonchev–Trinajstić information content (AvgIpc) is 2.96. The molecule has 20 heavy (non-hydrogen) atoms. The quantitative estimate of drug-likeness (QED) is 0.760. The molecule has 0 atom stereocenters. The molecule has 1 aromatic carbocycles. The van der Waals surface area contributed by atoms with Crippen LogP contribution in [-0.2, 0) is 17.9 Å². The summed E-state index contributed by atoms with van der Waals surface area (Å²) >= 11 is 1.49. The van der Waals surface area contributed by atoms with Crippen molar-refractivity contribution in [2.24, 2.45) is 0 Å². The maximum atomic E-state index is 13.9. The van der Waals surface area contributed by atoms with Crippen LogP contribution in [0.3, 0.4) is 0 Å². The normalized spacial score (nSPS) is 10.7. The van der Waals surface area contributed by atoms with Crippen LogP contribution >= 0.6 is 11.3 Å². The number of nitrogens with zero attached hydrogens (tertiary/aromatic N) is 1. The predicted octanol–water partition coefficient (Wildman–Crippen LogP) is 2.60. The van der Waals surface area contributed by atoms with Gasteiger partial charge in [0.25, 0.3) is 0 Å². The third kappa shape index (κ3) is 4.56. The van der Waals surface area contributed by atoms with Gasteiger partial charge in [-0.15, -0.1) is 11.3 Å². The number of ether oxygens (including phenoxy) is 2. The summed E-state index contributed by atoms with van der Waals surface area (Å²) < 4.78 is 24.2. The van der Waals surface area contributed by atoms with Gasteiger partial charge in [-0.2, -0.15) is 0 Å². The van der Waals surface area contributed by atoms with Gasteiger partial charge in [-0.25, -0.2) is 9.37 Å². The highest BCUT2D eigenvalue weighted by molar-refractivity contribution is 7.09. The number of methoxy groups -OCH3 is 1. The van der Waals surface area contributed by atoms with E-state index in [2.05, 4.69) is 10.3 Å². The van der Waals surface area contributed by atoms with Crippen molar-refractivity contribution in [1.29, 1.82) is 0 Å². The summed E-state index contributed by atoms with van der Waals surface area (Å²) in [5.41, 5.74) is 0.875. The van der Waals surface area contributed by atoms with Gasteiger partial charge in [0.1, 0.15) is 11.6 Å². The third-order valence-corrected chi connectivity index (χ3v) is 3.40. The predicted molar refractivity (Wildman–Crippen MR) is 76.4 cm³/mol. The van der Waals surface area contributed by atoms with Crippen LogP contribution in [0.4, 0.5) is 4.39 Å². The van der Waals surface area contributed by atoms with Crippen LogP contribution in [0, 0.1) is 5.82 Å². The fourth-order valence-electron chi connectivity index (χ4n) is 1.64. The van der Waals surface area contributed by atoms with Crippen LogP contribution in [0.15, 0.2) is 29.8 Å². The van der Waals surface area contributed by atoms with E-state index in [1.165, 1.54) is 17.4 Å². The number of hydrogen-bond donors (Lipinski definition) is 1. The largest absolute Gasteiger partial charge is 0.483 e. The van der Waals surface area contributed by atoms with Crippen molar-refractivity contribution in [3.8, 4) is 5.75 Å². The molecule has 0 saturated carbocycles. The molecule has 0 aliphatic carbocycles. The summed E-state index contributed by atoms with van der Waals surface area (Å²) in [6.07, 6.45) is 1.70. The molecule has 1 heterocycles. The minimum atomic E-state index is -0.354. The first-order valence-electron chi connectivity index (χ1n) is 6.29. The van der Waals surface area contributed by atoms with Crippen LogP contribution in [0.25, 0.3) is 0 Å². The van der Waals surface area contributed by atoms with Gasteiger partial charge < -0.3 is 14.8 Å². The Morgan fingerprint density at radius 2 is 2.30 bits per heavy atom. The van der Waals surface area contributed by atoms with Crippen molar-refractivity contribution in [2.75, 3.05) is 20.3 Å². The van der Waals surface area contributed by atoms with Crippen molar-refractivity contribution in [1.82, 2.24) is 10.3 Å². The molecule has 108 valence electrons. The number of benzene rings is 1. The number of halogens is 1. The van der Waals surface area contributed by atoms with Crippen molar-refractivity contribution in [3.63, 3.8) is 0 Å². The third-order valence-electron chi connectivity index (χ3n) is 2.64. The van der Waals surface area contributed by atoms with E-state index in [1.54, 1.807) is 19.4 Å². The molecule has 0 aliphatic rings. The topological polar surface area (TPSA) is 43.4 Å². The van der Waals surface area contributed by atoms with Crippen molar-refractivity contribution in [2.45, 2.75) is 13.2 Å². The molecule has 4 nitrogen and oxygen atoms in total. The van der Waals surface area contributed by atoms with Crippen LogP contribution in [0.5, 0.6) is 5.75 Å². The SMILES string of the molecule is COCCNCc1ccc(OCc2nccs2)c(F)c1. The molecule has 0 amide bonds. The molecule has 6 heteroatoms. The highest BCUT2D eigenvalue weighted by Gasteiger charge is 2.06. The number of hydrogen-bond acceptors (Lipinski definition) is 5. The number of aromatic nitrogens is 1. The zero-order chi connectivity index (χ0) is 14.2. The Morgan fingerprint density at radius 1 is 1.40 bits per heavy atom. The maximum Gasteiger partial charge on any atom is 0.165 e. The fourth-order valence-corrected chi connectivity index (χ4v) is 2.17. The summed E-state index contributed by atoms with van der Waals surface area (Å²) in [4.78, 5) is 4.09. The monoisotopic (exact) mass is 296 g/mol. The number of nitrogens with one attached hydrogen (secondary N) is 1. The van der Waals surface area contributed by atoms with Crippen LogP contribution < -0.4 is 10.1 Å². The van der Waals surface area contributed by atoms with E-state index in [0.29, 0.717) is 19.8 Å². The van der Waals surface area contributed by atoms with E-state index in [4.69, 9.17) is 9.47 Å². The Hall–Kier alpha value is -1.50. The van der Waals surface area contributed by atoms with Crippen molar-refractivity contribution in [3.05, 3.63) is 46.2 Å². The molecule has 2 rings (SSSR count). The number of thiazole rings is 1. The molecule has 2 aromatic rings. The lowest BCUT2D eigenvalue weighted by Crippen LogP contribution is -2.18. The van der Waals surface area contributed by atoms with Gasteiger partial charge >= 0.3 is 0 Å². The summed E-state index contributed by atoms with van der Waals surface area (Å²) in [5, 5.41) is 5.86. The van der Waals surface area contributed by atoms with E-state index in [-0.39, 0.29) is 11.6 Å². The zero-order valence-corrected chi connectivity index (χ0v) is 12.1. The van der Waals surface area contributed by atoms with Gasteiger partial charge in [-0.1, -0.05) is 6.07 Å². The highest BCUT2D eigenvalue weighted by Crippen LogP contribution is 2.20. The molecule has 0 fully saturated rings. The molecule has 0 bridgehead atoms. The second-order valence-electron chi connectivity index (χ2n) is 4.15. The smallest absolute Gasteiger partial charge is 0.165 e. The number of rotatable bonds is 8. The molecule has 0 spiro atoms. The van der Waals surface area contributed by atoms with E-state index in [0.717, 1.165) is 17.1 Å². The van der Waals surface area contributed by atoms with Crippen LogP contribution in [0.2, 0.25) is 0 Å². The van der Waals surface area contributed by atoms with Gasteiger partial charge in [-0.3, -0.25) is 0 Å². The summed E-state index contributed by atoms with van der Waals surface area (Å²) in [5.74, 6) is -0.103. The van der Waals surface area contributed by atoms with Gasteiger partial charge in [0.05, 0.1) is 6.61 Å². The lowest BCUT2D eigenvalue weighted by Gasteiger charge is -2.08. The lowest BCUT2D eigenvalue weighted by atomic mass is 10.2. The molecule has 1 aromatic heterocycles. The first kappa shape index (κ1) is 14.9. The molecular weight excluding hydrogens is 279 g/mol.